The Morgan fingerprint density at radius 2 is 2.12 bits per heavy atom. The molecule has 0 spiro atoms. The lowest BCUT2D eigenvalue weighted by molar-refractivity contribution is -0.112. The van der Waals surface area contributed by atoms with E-state index in [0.29, 0.717) is 17.1 Å². The first-order valence-corrected chi connectivity index (χ1v) is 5.90. The summed E-state index contributed by atoms with van der Waals surface area (Å²) in [5.74, 6) is -0.484. The highest BCUT2D eigenvalue weighted by molar-refractivity contribution is 6.52. The molecule has 0 bridgehead atoms. The van der Waals surface area contributed by atoms with Crippen molar-refractivity contribution in [3.63, 3.8) is 0 Å². The monoisotopic (exact) mass is 249 g/mol. The van der Waals surface area contributed by atoms with Crippen molar-refractivity contribution in [1.82, 2.24) is 0 Å². The first-order chi connectivity index (χ1) is 8.15. The molecule has 2 rings (SSSR count). The summed E-state index contributed by atoms with van der Waals surface area (Å²) >= 11 is 5.59. The predicted molar refractivity (Wildman–Crippen MR) is 68.5 cm³/mol. The average molecular weight is 250 g/mol. The van der Waals surface area contributed by atoms with Gasteiger partial charge in [-0.2, -0.15) is 0 Å². The number of Topliss-reactive ketones (excluding diaryl/α,β-unsaturated/α-hetero) is 1. The molecule has 1 amide bonds. The molecule has 0 aliphatic carbocycles. The highest BCUT2D eigenvalue weighted by Crippen LogP contribution is 2.29. The third-order valence-electron chi connectivity index (χ3n) is 2.71. The van der Waals surface area contributed by atoms with Crippen LogP contribution in [0.25, 0.3) is 6.08 Å². The molecule has 0 aromatic heterocycles. The van der Waals surface area contributed by atoms with Crippen molar-refractivity contribution in [2.75, 3.05) is 11.2 Å². The smallest absolute Gasteiger partial charge is 0.296 e. The third-order valence-corrected chi connectivity index (χ3v) is 2.92. The number of rotatable bonds is 3. The molecule has 17 heavy (non-hydrogen) atoms. The minimum absolute atomic E-state index is 0.464. The lowest BCUT2D eigenvalue weighted by atomic mass is 9.98. The van der Waals surface area contributed by atoms with Crippen LogP contribution in [0.3, 0.4) is 0 Å². The molecule has 0 radical (unpaired) electrons. The number of amides is 1. The Hall–Kier alpha value is -1.61. The molecule has 1 aromatic rings. The van der Waals surface area contributed by atoms with Gasteiger partial charge in [-0.05, 0) is 30.5 Å². The number of hydrogen-bond donors (Lipinski definition) is 1. The maximum absolute atomic E-state index is 11.7. The molecule has 4 heteroatoms. The molecule has 3 nitrogen and oxygen atoms in total. The van der Waals surface area contributed by atoms with E-state index in [-0.39, 0.29) is 0 Å². The second kappa shape index (κ2) is 4.72. The van der Waals surface area contributed by atoms with Crippen molar-refractivity contribution in [3.05, 3.63) is 34.9 Å². The van der Waals surface area contributed by atoms with Crippen LogP contribution in [0.1, 0.15) is 27.9 Å². The Morgan fingerprint density at radius 1 is 1.35 bits per heavy atom. The number of allylic oxidation sites excluding steroid dienone is 1. The fourth-order valence-electron chi connectivity index (χ4n) is 1.84. The molecular formula is C13H12ClNO2. The minimum atomic E-state index is -0.558. The molecule has 0 saturated carbocycles. The van der Waals surface area contributed by atoms with E-state index in [1.165, 1.54) is 0 Å². The van der Waals surface area contributed by atoms with E-state index in [0.717, 1.165) is 17.5 Å². The highest BCUT2D eigenvalue weighted by atomic mass is 35.5. The Kier molecular flexibility index (Phi) is 3.29. The third kappa shape index (κ3) is 2.11. The number of nitrogens with one attached hydrogen (secondary N) is 1. The average Bonchev–Trinajstić information content (AvgIpc) is 2.59. The molecule has 0 fully saturated rings. The van der Waals surface area contributed by atoms with Crippen LogP contribution < -0.4 is 5.32 Å². The Morgan fingerprint density at radius 3 is 2.82 bits per heavy atom. The van der Waals surface area contributed by atoms with Gasteiger partial charge in [0.2, 0.25) is 0 Å². The van der Waals surface area contributed by atoms with Crippen molar-refractivity contribution in [3.8, 4) is 0 Å². The van der Waals surface area contributed by atoms with E-state index in [2.05, 4.69) is 5.32 Å². The molecular weight excluding hydrogens is 238 g/mol. The highest BCUT2D eigenvalue weighted by Gasteiger charge is 2.30. The van der Waals surface area contributed by atoms with Crippen LogP contribution in [0.2, 0.25) is 0 Å². The van der Waals surface area contributed by atoms with Gasteiger partial charge < -0.3 is 5.32 Å². The van der Waals surface area contributed by atoms with Crippen molar-refractivity contribution in [1.29, 1.82) is 0 Å². The van der Waals surface area contributed by atoms with Crippen molar-refractivity contribution < 1.29 is 9.59 Å². The standard InChI is InChI=1S/C13H12ClNO2/c1-8-5-6-10-11(12(16)13(17)15-10)9(8)4-2-3-7-14/h2,4-6H,3,7H2,1H3,(H,15,16,17). The van der Waals surface area contributed by atoms with Gasteiger partial charge in [0.25, 0.3) is 11.7 Å². The molecule has 1 aliphatic rings. The summed E-state index contributed by atoms with van der Waals surface area (Å²) in [5, 5.41) is 2.56. The van der Waals surface area contributed by atoms with E-state index in [9.17, 15) is 9.59 Å². The number of fused-ring (bicyclic) bond motifs is 1. The van der Waals surface area contributed by atoms with Gasteiger partial charge in [-0.25, -0.2) is 0 Å². The van der Waals surface area contributed by atoms with Crippen LogP contribution in [0, 0.1) is 6.92 Å². The molecule has 1 heterocycles. The van der Waals surface area contributed by atoms with Crippen LogP contribution >= 0.6 is 11.6 Å². The molecule has 1 N–H and O–H groups in total. The summed E-state index contributed by atoms with van der Waals surface area (Å²) in [6, 6.07) is 3.64. The molecule has 1 aliphatic heterocycles. The quantitative estimate of drug-likeness (QED) is 0.661. The molecule has 88 valence electrons. The lowest BCUT2D eigenvalue weighted by Crippen LogP contribution is -2.13. The number of anilines is 1. The van der Waals surface area contributed by atoms with Crippen molar-refractivity contribution in [2.24, 2.45) is 0 Å². The molecule has 0 atom stereocenters. The van der Waals surface area contributed by atoms with Gasteiger partial charge in [-0.15, -0.1) is 11.6 Å². The lowest BCUT2D eigenvalue weighted by Gasteiger charge is -2.05. The minimum Gasteiger partial charge on any atom is -0.318 e. The number of hydrogen-bond acceptors (Lipinski definition) is 2. The van der Waals surface area contributed by atoms with Crippen molar-refractivity contribution in [2.45, 2.75) is 13.3 Å². The van der Waals surface area contributed by atoms with Crippen LogP contribution in [-0.4, -0.2) is 17.6 Å². The first-order valence-electron chi connectivity index (χ1n) is 5.37. The maximum atomic E-state index is 11.7. The Balaban J connectivity index is 2.49. The van der Waals surface area contributed by atoms with E-state index >= 15 is 0 Å². The number of benzene rings is 1. The van der Waals surface area contributed by atoms with E-state index in [1.807, 2.05) is 25.1 Å². The molecule has 0 saturated heterocycles. The zero-order valence-corrected chi connectivity index (χ0v) is 10.2. The maximum Gasteiger partial charge on any atom is 0.296 e. The van der Waals surface area contributed by atoms with Crippen LogP contribution in [0.5, 0.6) is 0 Å². The van der Waals surface area contributed by atoms with E-state index in [4.69, 9.17) is 11.6 Å². The van der Waals surface area contributed by atoms with Crippen LogP contribution in [0.4, 0.5) is 5.69 Å². The zero-order valence-electron chi connectivity index (χ0n) is 9.42. The first kappa shape index (κ1) is 11.9. The van der Waals surface area contributed by atoms with E-state index < -0.39 is 11.7 Å². The Labute approximate surface area is 104 Å². The van der Waals surface area contributed by atoms with Crippen LogP contribution in [-0.2, 0) is 4.79 Å². The summed E-state index contributed by atoms with van der Waals surface area (Å²) in [6.45, 7) is 1.91. The summed E-state index contributed by atoms with van der Waals surface area (Å²) in [5.41, 5.74) is 2.84. The largest absolute Gasteiger partial charge is 0.318 e. The second-order valence-corrected chi connectivity index (χ2v) is 4.26. The topological polar surface area (TPSA) is 46.2 Å². The van der Waals surface area contributed by atoms with Crippen LogP contribution in [0.15, 0.2) is 18.2 Å². The second-order valence-electron chi connectivity index (χ2n) is 3.88. The summed E-state index contributed by atoms with van der Waals surface area (Å²) < 4.78 is 0. The number of alkyl halides is 1. The SMILES string of the molecule is Cc1ccc2c(c1C=CCCCl)C(=O)C(=O)N2. The zero-order chi connectivity index (χ0) is 12.4. The van der Waals surface area contributed by atoms with Gasteiger partial charge in [-0.1, -0.05) is 18.2 Å². The van der Waals surface area contributed by atoms with Crippen molar-refractivity contribution >= 4 is 35.1 Å². The molecule has 0 unspecified atom stereocenters. The van der Waals surface area contributed by atoms with Gasteiger partial charge >= 0.3 is 0 Å². The fraction of sp³-hybridized carbons (Fsp3) is 0.231. The number of carbonyl (C=O) groups is 2. The van der Waals surface area contributed by atoms with Gasteiger partial charge in [0.05, 0.1) is 11.3 Å². The fourth-order valence-corrected chi connectivity index (χ4v) is 1.97. The number of halogens is 1. The normalized spacial score (nSPS) is 14.2. The molecule has 1 aromatic carbocycles. The van der Waals surface area contributed by atoms with E-state index in [1.54, 1.807) is 6.07 Å². The summed E-state index contributed by atoms with van der Waals surface area (Å²) in [7, 11) is 0. The van der Waals surface area contributed by atoms with Gasteiger partial charge in [0, 0.05) is 5.88 Å². The number of carbonyl (C=O) groups excluding carboxylic acids is 2. The Bertz CT molecular complexity index is 520. The summed E-state index contributed by atoms with van der Waals surface area (Å²) in [6.07, 6.45) is 4.50. The van der Waals surface area contributed by atoms with Gasteiger partial charge in [0.15, 0.2) is 0 Å². The number of ketones is 1. The van der Waals surface area contributed by atoms with Gasteiger partial charge in [0.1, 0.15) is 0 Å². The predicted octanol–water partition coefficient (Wildman–Crippen LogP) is 2.77. The number of aryl methyl sites for hydroxylation is 1. The van der Waals surface area contributed by atoms with Gasteiger partial charge in [-0.3, -0.25) is 9.59 Å². The summed E-state index contributed by atoms with van der Waals surface area (Å²) in [4.78, 5) is 23.0.